The number of nitrogens with zero attached hydrogens (tertiary/aromatic N) is 2. The highest BCUT2D eigenvalue weighted by Gasteiger charge is 2.17. The van der Waals surface area contributed by atoms with Crippen molar-refractivity contribution >= 4 is 11.6 Å². The number of piperidine rings is 1. The lowest BCUT2D eigenvalue weighted by Gasteiger charge is -2.23. The van der Waals surface area contributed by atoms with Crippen LogP contribution in [0.25, 0.3) is 0 Å². The van der Waals surface area contributed by atoms with E-state index in [2.05, 4.69) is 27.9 Å². The van der Waals surface area contributed by atoms with Crippen molar-refractivity contribution in [3.63, 3.8) is 0 Å². The molecule has 1 saturated heterocycles. The molecule has 2 heterocycles. The fourth-order valence-electron chi connectivity index (χ4n) is 3.22. The lowest BCUT2D eigenvalue weighted by atomic mass is 9.90. The van der Waals surface area contributed by atoms with Crippen molar-refractivity contribution in [2.45, 2.75) is 39.2 Å². The van der Waals surface area contributed by atoms with Gasteiger partial charge in [-0.05, 0) is 62.5 Å². The van der Waals surface area contributed by atoms with Crippen molar-refractivity contribution in [2.75, 3.05) is 18.4 Å². The lowest BCUT2D eigenvalue weighted by Crippen LogP contribution is -2.27. The maximum Gasteiger partial charge on any atom is 0.229 e. The molecule has 0 saturated carbocycles. The molecule has 1 aromatic heterocycles. The van der Waals surface area contributed by atoms with Gasteiger partial charge in [0.15, 0.2) is 0 Å². The van der Waals surface area contributed by atoms with Gasteiger partial charge in [0.25, 0.3) is 0 Å². The van der Waals surface area contributed by atoms with Crippen LogP contribution in [-0.4, -0.2) is 28.8 Å². The minimum absolute atomic E-state index is 0.0330. The fourth-order valence-corrected chi connectivity index (χ4v) is 3.22. The van der Waals surface area contributed by atoms with E-state index in [1.165, 1.54) is 5.56 Å². The first-order valence-electron chi connectivity index (χ1n) is 8.73. The van der Waals surface area contributed by atoms with Crippen molar-refractivity contribution in [1.29, 1.82) is 0 Å². The summed E-state index contributed by atoms with van der Waals surface area (Å²) in [4.78, 5) is 12.4. The summed E-state index contributed by atoms with van der Waals surface area (Å²) < 4.78 is 1.82. The number of carbonyl (C=O) groups excluding carboxylic acids is 1. The second-order valence-corrected chi connectivity index (χ2v) is 6.72. The lowest BCUT2D eigenvalue weighted by molar-refractivity contribution is -0.119. The van der Waals surface area contributed by atoms with E-state index in [0.717, 1.165) is 37.3 Å². The monoisotopic (exact) mass is 326 g/mol. The summed E-state index contributed by atoms with van der Waals surface area (Å²) in [6.07, 6.45) is 4.23. The zero-order chi connectivity index (χ0) is 16.9. The van der Waals surface area contributed by atoms with Crippen molar-refractivity contribution in [3.8, 4) is 0 Å². The molecule has 1 unspecified atom stereocenters. The van der Waals surface area contributed by atoms with E-state index in [1.54, 1.807) is 0 Å². The first-order chi connectivity index (χ1) is 11.6. The van der Waals surface area contributed by atoms with Gasteiger partial charge in [-0.15, -0.1) is 0 Å². The molecule has 5 nitrogen and oxygen atoms in total. The zero-order valence-electron chi connectivity index (χ0n) is 14.5. The predicted molar refractivity (Wildman–Crippen MR) is 96.0 cm³/mol. The molecular formula is C19H26N4O. The van der Waals surface area contributed by atoms with Crippen LogP contribution in [0.4, 0.5) is 5.69 Å². The largest absolute Gasteiger partial charge is 0.326 e. The Kier molecular flexibility index (Phi) is 5.30. The van der Waals surface area contributed by atoms with E-state index < -0.39 is 0 Å². The van der Waals surface area contributed by atoms with Gasteiger partial charge < -0.3 is 10.6 Å². The highest BCUT2D eigenvalue weighted by atomic mass is 16.1. The van der Waals surface area contributed by atoms with Crippen LogP contribution in [0.3, 0.4) is 0 Å². The van der Waals surface area contributed by atoms with Gasteiger partial charge in [0.2, 0.25) is 5.91 Å². The Hall–Kier alpha value is -2.14. The van der Waals surface area contributed by atoms with Crippen LogP contribution in [0.5, 0.6) is 0 Å². The topological polar surface area (TPSA) is 59.0 Å². The standard InChI is InChI=1S/C19H26N4O/c1-14(13-23-11-8-15(2)22-23)19(24)21-18-5-3-4-17(12-18)16-6-9-20-10-7-16/h3-5,8,11-12,14,16,20H,6-7,9-10,13H2,1-2H3,(H,21,24). The van der Waals surface area contributed by atoms with Gasteiger partial charge in [-0.3, -0.25) is 9.48 Å². The maximum atomic E-state index is 12.4. The smallest absolute Gasteiger partial charge is 0.229 e. The summed E-state index contributed by atoms with van der Waals surface area (Å²) in [5.41, 5.74) is 3.18. The van der Waals surface area contributed by atoms with Gasteiger partial charge in [-0.25, -0.2) is 0 Å². The van der Waals surface area contributed by atoms with Crippen molar-refractivity contribution in [1.82, 2.24) is 15.1 Å². The normalized spacial score (nSPS) is 16.8. The Bertz CT molecular complexity index is 688. The molecule has 1 aromatic carbocycles. The second kappa shape index (κ2) is 7.62. The van der Waals surface area contributed by atoms with Gasteiger partial charge in [-0.2, -0.15) is 5.10 Å². The first-order valence-corrected chi connectivity index (χ1v) is 8.73. The highest BCUT2D eigenvalue weighted by Crippen LogP contribution is 2.27. The molecule has 1 aliphatic heterocycles. The van der Waals surface area contributed by atoms with Crippen LogP contribution < -0.4 is 10.6 Å². The summed E-state index contributed by atoms with van der Waals surface area (Å²) in [7, 11) is 0. The molecule has 1 fully saturated rings. The van der Waals surface area contributed by atoms with Gasteiger partial charge in [0.1, 0.15) is 0 Å². The SMILES string of the molecule is Cc1ccn(CC(C)C(=O)Nc2cccc(C3CCNCC3)c2)n1. The van der Waals surface area contributed by atoms with E-state index >= 15 is 0 Å². The quantitative estimate of drug-likeness (QED) is 0.888. The van der Waals surface area contributed by atoms with E-state index in [-0.39, 0.29) is 11.8 Å². The number of rotatable bonds is 5. The van der Waals surface area contributed by atoms with E-state index in [9.17, 15) is 4.79 Å². The molecule has 5 heteroatoms. The van der Waals surface area contributed by atoms with Crippen LogP contribution in [-0.2, 0) is 11.3 Å². The molecule has 1 amide bonds. The number of aryl methyl sites for hydroxylation is 1. The van der Waals surface area contributed by atoms with Gasteiger partial charge in [-0.1, -0.05) is 19.1 Å². The second-order valence-electron chi connectivity index (χ2n) is 6.72. The third-order valence-electron chi connectivity index (χ3n) is 4.65. The average Bonchev–Trinajstić information content (AvgIpc) is 3.00. The van der Waals surface area contributed by atoms with Gasteiger partial charge in [0, 0.05) is 11.9 Å². The van der Waals surface area contributed by atoms with Crippen LogP contribution >= 0.6 is 0 Å². The Balaban J connectivity index is 1.61. The molecule has 2 N–H and O–H groups in total. The Morgan fingerprint density at radius 3 is 2.88 bits per heavy atom. The van der Waals surface area contributed by atoms with Crippen molar-refractivity contribution in [2.24, 2.45) is 5.92 Å². The van der Waals surface area contributed by atoms with Crippen molar-refractivity contribution < 1.29 is 4.79 Å². The number of amides is 1. The van der Waals surface area contributed by atoms with Crippen LogP contribution in [0, 0.1) is 12.8 Å². The molecular weight excluding hydrogens is 300 g/mol. The Morgan fingerprint density at radius 2 is 2.17 bits per heavy atom. The average molecular weight is 326 g/mol. The molecule has 1 aliphatic rings. The van der Waals surface area contributed by atoms with Crippen LogP contribution in [0.2, 0.25) is 0 Å². The molecule has 0 radical (unpaired) electrons. The van der Waals surface area contributed by atoms with Crippen LogP contribution in [0.15, 0.2) is 36.5 Å². The third-order valence-corrected chi connectivity index (χ3v) is 4.65. The highest BCUT2D eigenvalue weighted by molar-refractivity contribution is 5.92. The number of hydrogen-bond donors (Lipinski definition) is 2. The number of benzene rings is 1. The number of anilines is 1. The Labute approximate surface area is 143 Å². The molecule has 3 rings (SSSR count). The molecule has 0 bridgehead atoms. The minimum atomic E-state index is -0.133. The summed E-state index contributed by atoms with van der Waals surface area (Å²) in [6, 6.07) is 10.2. The van der Waals surface area contributed by atoms with Crippen LogP contribution in [0.1, 0.15) is 36.9 Å². The van der Waals surface area contributed by atoms with E-state index in [0.29, 0.717) is 12.5 Å². The Morgan fingerprint density at radius 1 is 1.38 bits per heavy atom. The number of hydrogen-bond acceptors (Lipinski definition) is 3. The molecule has 2 aromatic rings. The van der Waals surface area contributed by atoms with Gasteiger partial charge in [0.05, 0.1) is 18.2 Å². The molecule has 128 valence electrons. The van der Waals surface area contributed by atoms with Gasteiger partial charge >= 0.3 is 0 Å². The maximum absolute atomic E-state index is 12.4. The summed E-state index contributed by atoms with van der Waals surface area (Å²) >= 11 is 0. The third kappa shape index (κ3) is 4.23. The summed E-state index contributed by atoms with van der Waals surface area (Å²) in [5, 5.41) is 10.8. The molecule has 24 heavy (non-hydrogen) atoms. The predicted octanol–water partition coefficient (Wildman–Crippen LogP) is 2.93. The minimum Gasteiger partial charge on any atom is -0.326 e. The number of nitrogens with one attached hydrogen (secondary N) is 2. The number of carbonyl (C=O) groups is 1. The molecule has 0 aliphatic carbocycles. The molecule has 0 spiro atoms. The summed E-state index contributed by atoms with van der Waals surface area (Å²) in [6.45, 7) is 6.62. The first kappa shape index (κ1) is 16.7. The fraction of sp³-hybridized carbons (Fsp3) is 0.474. The van der Waals surface area contributed by atoms with E-state index in [4.69, 9.17) is 0 Å². The van der Waals surface area contributed by atoms with Crippen molar-refractivity contribution in [3.05, 3.63) is 47.8 Å². The van der Waals surface area contributed by atoms with E-state index in [1.807, 2.05) is 42.9 Å². The number of aromatic nitrogens is 2. The molecule has 1 atom stereocenters. The summed E-state index contributed by atoms with van der Waals surface area (Å²) in [5.74, 6) is 0.491. The zero-order valence-corrected chi connectivity index (χ0v) is 14.5.